The fourth-order valence-electron chi connectivity index (χ4n) is 5.34. The van der Waals surface area contributed by atoms with Crippen molar-refractivity contribution in [2.24, 2.45) is 23.7 Å². The third-order valence-electron chi connectivity index (χ3n) is 6.73. The molecule has 0 spiro atoms. The third kappa shape index (κ3) is 3.37. The highest BCUT2D eigenvalue weighted by Gasteiger charge is 2.54. The number of piperazine rings is 1. The monoisotopic (exact) mass is 356 g/mol. The summed E-state index contributed by atoms with van der Waals surface area (Å²) < 4.78 is 0. The van der Waals surface area contributed by atoms with Gasteiger partial charge in [0.1, 0.15) is 0 Å². The maximum atomic E-state index is 13.0. The van der Waals surface area contributed by atoms with Gasteiger partial charge in [-0.05, 0) is 43.1 Å². The first-order chi connectivity index (χ1) is 12.6. The van der Waals surface area contributed by atoms with E-state index < -0.39 is 11.9 Å². The minimum Gasteiger partial charge on any atom is -0.481 e. The number of aliphatic carboxylic acids is 1. The normalized spacial score (nSPS) is 31.3. The second-order valence-electron chi connectivity index (χ2n) is 8.13. The number of amides is 1. The SMILES string of the molecule is O=C(O)[C@H]1[C@H]2CC[C@@H](C2)[C@H]1C(=O)N1CCN(CCc2ccccc2)CC1. The van der Waals surface area contributed by atoms with Gasteiger partial charge in [0, 0.05) is 32.7 Å². The molecule has 4 atom stereocenters. The zero-order chi connectivity index (χ0) is 18.1. The minimum atomic E-state index is -0.767. The molecule has 1 aromatic carbocycles. The van der Waals surface area contributed by atoms with Crippen molar-refractivity contribution in [2.45, 2.75) is 25.7 Å². The van der Waals surface area contributed by atoms with Crippen LogP contribution in [0.5, 0.6) is 0 Å². The molecular formula is C21H28N2O3. The van der Waals surface area contributed by atoms with Gasteiger partial charge >= 0.3 is 5.97 Å². The molecule has 2 bridgehead atoms. The molecule has 3 fully saturated rings. The van der Waals surface area contributed by atoms with Crippen molar-refractivity contribution in [3.05, 3.63) is 35.9 Å². The molecule has 5 heteroatoms. The first-order valence-electron chi connectivity index (χ1n) is 9.91. The molecule has 1 amide bonds. The van der Waals surface area contributed by atoms with Crippen LogP contribution in [0.2, 0.25) is 0 Å². The van der Waals surface area contributed by atoms with Crippen LogP contribution in [0.15, 0.2) is 30.3 Å². The Bertz CT molecular complexity index is 654. The number of fused-ring (bicyclic) bond motifs is 2. The van der Waals surface area contributed by atoms with Gasteiger partial charge in [-0.25, -0.2) is 0 Å². The van der Waals surface area contributed by atoms with Crippen LogP contribution in [0.4, 0.5) is 0 Å². The molecular weight excluding hydrogens is 328 g/mol. The molecule has 140 valence electrons. The Balaban J connectivity index is 1.30. The summed E-state index contributed by atoms with van der Waals surface area (Å²) in [5.41, 5.74) is 1.34. The number of benzene rings is 1. The van der Waals surface area contributed by atoms with Gasteiger partial charge in [-0.3, -0.25) is 14.5 Å². The zero-order valence-corrected chi connectivity index (χ0v) is 15.2. The van der Waals surface area contributed by atoms with Crippen molar-refractivity contribution < 1.29 is 14.7 Å². The Kier molecular flexibility index (Phi) is 4.98. The predicted molar refractivity (Wildman–Crippen MR) is 98.6 cm³/mol. The van der Waals surface area contributed by atoms with E-state index in [0.29, 0.717) is 5.92 Å². The summed E-state index contributed by atoms with van der Waals surface area (Å²) in [7, 11) is 0. The number of carboxylic acid groups (broad SMARTS) is 1. The Labute approximate surface area is 155 Å². The second-order valence-corrected chi connectivity index (χ2v) is 8.13. The Morgan fingerprint density at radius 3 is 2.27 bits per heavy atom. The van der Waals surface area contributed by atoms with Crippen LogP contribution in [0.25, 0.3) is 0 Å². The highest BCUT2D eigenvalue weighted by molar-refractivity contribution is 5.86. The van der Waals surface area contributed by atoms with Crippen LogP contribution in [0.1, 0.15) is 24.8 Å². The molecule has 4 rings (SSSR count). The molecule has 2 aliphatic carbocycles. The van der Waals surface area contributed by atoms with E-state index >= 15 is 0 Å². The largest absolute Gasteiger partial charge is 0.481 e. The summed E-state index contributed by atoms with van der Waals surface area (Å²) in [5, 5.41) is 9.59. The van der Waals surface area contributed by atoms with Crippen LogP contribution in [-0.4, -0.2) is 59.5 Å². The fourth-order valence-corrected chi connectivity index (χ4v) is 5.34. The summed E-state index contributed by atoms with van der Waals surface area (Å²) >= 11 is 0. The van der Waals surface area contributed by atoms with E-state index in [1.165, 1.54) is 5.56 Å². The standard InChI is InChI=1S/C21H28N2O3/c24-20(18-16-6-7-17(14-16)19(18)21(25)26)23-12-10-22(11-13-23)9-8-15-4-2-1-3-5-15/h1-5,16-19H,6-14H2,(H,25,26)/t16-,17-,18+,19-/m0/s1. The molecule has 5 nitrogen and oxygen atoms in total. The van der Waals surface area contributed by atoms with E-state index in [0.717, 1.165) is 58.4 Å². The third-order valence-corrected chi connectivity index (χ3v) is 6.73. The Hall–Kier alpha value is -1.88. The quantitative estimate of drug-likeness (QED) is 0.878. The van der Waals surface area contributed by atoms with E-state index in [4.69, 9.17) is 0 Å². The van der Waals surface area contributed by atoms with Crippen molar-refractivity contribution in [3.8, 4) is 0 Å². The van der Waals surface area contributed by atoms with Crippen molar-refractivity contribution >= 4 is 11.9 Å². The van der Waals surface area contributed by atoms with E-state index in [2.05, 4.69) is 29.2 Å². The number of hydrogen-bond donors (Lipinski definition) is 1. The first kappa shape index (κ1) is 17.5. The Morgan fingerprint density at radius 2 is 1.62 bits per heavy atom. The van der Waals surface area contributed by atoms with E-state index in [-0.39, 0.29) is 17.7 Å². The van der Waals surface area contributed by atoms with Gasteiger partial charge < -0.3 is 10.0 Å². The van der Waals surface area contributed by atoms with Crippen LogP contribution in [0.3, 0.4) is 0 Å². The lowest BCUT2D eigenvalue weighted by Gasteiger charge is -2.38. The van der Waals surface area contributed by atoms with Crippen LogP contribution < -0.4 is 0 Å². The van der Waals surface area contributed by atoms with E-state index in [9.17, 15) is 14.7 Å². The van der Waals surface area contributed by atoms with Gasteiger partial charge in [0.2, 0.25) is 5.91 Å². The average Bonchev–Trinajstić information content (AvgIpc) is 3.28. The summed E-state index contributed by atoms with van der Waals surface area (Å²) in [5.74, 6) is -0.868. The number of nitrogens with zero attached hydrogens (tertiary/aromatic N) is 2. The number of rotatable bonds is 5. The molecule has 1 aromatic rings. The molecule has 2 saturated carbocycles. The number of carbonyl (C=O) groups is 2. The second kappa shape index (κ2) is 7.39. The zero-order valence-electron chi connectivity index (χ0n) is 15.2. The fraction of sp³-hybridized carbons (Fsp3) is 0.619. The van der Waals surface area contributed by atoms with Gasteiger partial charge in [-0.15, -0.1) is 0 Å². The van der Waals surface area contributed by atoms with Gasteiger partial charge in [-0.1, -0.05) is 30.3 Å². The average molecular weight is 356 g/mol. The van der Waals surface area contributed by atoms with E-state index in [1.807, 2.05) is 11.0 Å². The van der Waals surface area contributed by atoms with Crippen molar-refractivity contribution in [1.29, 1.82) is 0 Å². The number of hydrogen-bond acceptors (Lipinski definition) is 3. The molecule has 1 N–H and O–H groups in total. The van der Waals surface area contributed by atoms with Crippen molar-refractivity contribution in [3.63, 3.8) is 0 Å². The number of carbonyl (C=O) groups excluding carboxylic acids is 1. The summed E-state index contributed by atoms with van der Waals surface area (Å²) in [6, 6.07) is 10.5. The molecule has 1 aliphatic heterocycles. The van der Waals surface area contributed by atoms with E-state index in [1.54, 1.807) is 0 Å². The van der Waals surface area contributed by atoms with Gasteiger partial charge in [0.25, 0.3) is 0 Å². The summed E-state index contributed by atoms with van der Waals surface area (Å²) in [6.45, 7) is 4.24. The minimum absolute atomic E-state index is 0.104. The van der Waals surface area contributed by atoms with Gasteiger partial charge in [0.15, 0.2) is 0 Å². The van der Waals surface area contributed by atoms with Crippen LogP contribution >= 0.6 is 0 Å². The Morgan fingerprint density at radius 1 is 0.962 bits per heavy atom. The lowest BCUT2D eigenvalue weighted by molar-refractivity contribution is -0.153. The molecule has 1 saturated heterocycles. The van der Waals surface area contributed by atoms with Crippen molar-refractivity contribution in [2.75, 3.05) is 32.7 Å². The highest BCUT2D eigenvalue weighted by Crippen LogP contribution is 2.53. The number of carboxylic acids is 1. The smallest absolute Gasteiger partial charge is 0.307 e. The first-order valence-corrected chi connectivity index (χ1v) is 9.91. The molecule has 0 unspecified atom stereocenters. The van der Waals surface area contributed by atoms with Gasteiger partial charge in [-0.2, -0.15) is 0 Å². The molecule has 1 heterocycles. The maximum absolute atomic E-state index is 13.0. The van der Waals surface area contributed by atoms with Gasteiger partial charge in [0.05, 0.1) is 11.8 Å². The predicted octanol–water partition coefficient (Wildman–Crippen LogP) is 2.12. The molecule has 26 heavy (non-hydrogen) atoms. The lowest BCUT2D eigenvalue weighted by Crippen LogP contribution is -2.52. The topological polar surface area (TPSA) is 60.9 Å². The summed E-state index contributed by atoms with van der Waals surface area (Å²) in [4.78, 5) is 29.1. The highest BCUT2D eigenvalue weighted by atomic mass is 16.4. The maximum Gasteiger partial charge on any atom is 0.307 e. The molecule has 3 aliphatic rings. The molecule has 0 aromatic heterocycles. The van der Waals surface area contributed by atoms with Crippen molar-refractivity contribution in [1.82, 2.24) is 9.80 Å². The summed E-state index contributed by atoms with van der Waals surface area (Å²) in [6.07, 6.45) is 3.98. The molecule has 0 radical (unpaired) electrons. The lowest BCUT2D eigenvalue weighted by atomic mass is 9.78. The van der Waals surface area contributed by atoms with Crippen LogP contribution in [0, 0.1) is 23.7 Å². The van der Waals surface area contributed by atoms with Crippen LogP contribution in [-0.2, 0) is 16.0 Å².